The zero-order chi connectivity index (χ0) is 8.43. The lowest BCUT2D eigenvalue weighted by Crippen LogP contribution is -2.29. The summed E-state index contributed by atoms with van der Waals surface area (Å²) < 4.78 is 17.3. The molecule has 1 heterocycles. The SMILES string of the molecule is C[C@@H]1O[C@H](CO)[C@H](CF)C1O. The van der Waals surface area contributed by atoms with Gasteiger partial charge in [-0.2, -0.15) is 0 Å². The van der Waals surface area contributed by atoms with E-state index in [0.29, 0.717) is 0 Å². The number of aliphatic hydroxyl groups excluding tert-OH is 2. The summed E-state index contributed by atoms with van der Waals surface area (Å²) in [4.78, 5) is 0. The first-order valence-electron chi connectivity index (χ1n) is 3.71. The fourth-order valence-corrected chi connectivity index (χ4v) is 1.39. The Labute approximate surface area is 64.8 Å². The van der Waals surface area contributed by atoms with Gasteiger partial charge < -0.3 is 14.9 Å². The molecule has 4 atom stereocenters. The van der Waals surface area contributed by atoms with Crippen LogP contribution in [-0.4, -0.2) is 41.8 Å². The topological polar surface area (TPSA) is 49.7 Å². The fraction of sp³-hybridized carbons (Fsp3) is 1.00. The molecule has 11 heavy (non-hydrogen) atoms. The zero-order valence-corrected chi connectivity index (χ0v) is 6.40. The van der Waals surface area contributed by atoms with E-state index >= 15 is 0 Å². The largest absolute Gasteiger partial charge is 0.394 e. The predicted octanol–water partition coefficient (Wildman–Crippen LogP) is -0.287. The van der Waals surface area contributed by atoms with Crippen molar-refractivity contribution in [1.82, 2.24) is 0 Å². The lowest BCUT2D eigenvalue weighted by Gasteiger charge is -2.13. The summed E-state index contributed by atoms with van der Waals surface area (Å²) in [6.45, 7) is 0.801. The van der Waals surface area contributed by atoms with Crippen molar-refractivity contribution in [2.75, 3.05) is 13.3 Å². The number of ether oxygens (including phenoxy) is 1. The molecule has 0 saturated carbocycles. The molecule has 66 valence electrons. The minimum absolute atomic E-state index is 0.226. The monoisotopic (exact) mass is 164 g/mol. The van der Waals surface area contributed by atoms with E-state index in [0.717, 1.165) is 0 Å². The molecule has 0 aromatic heterocycles. The lowest BCUT2D eigenvalue weighted by atomic mass is 9.99. The summed E-state index contributed by atoms with van der Waals surface area (Å²) >= 11 is 0. The van der Waals surface area contributed by atoms with Gasteiger partial charge in [-0.1, -0.05) is 0 Å². The van der Waals surface area contributed by atoms with Crippen LogP contribution in [0, 0.1) is 5.92 Å². The molecule has 1 rings (SSSR count). The van der Waals surface area contributed by atoms with Gasteiger partial charge in [-0.3, -0.25) is 4.39 Å². The van der Waals surface area contributed by atoms with Crippen LogP contribution in [0.3, 0.4) is 0 Å². The second kappa shape index (κ2) is 3.47. The highest BCUT2D eigenvalue weighted by Gasteiger charge is 2.40. The van der Waals surface area contributed by atoms with Crippen LogP contribution in [0.4, 0.5) is 4.39 Å². The maximum Gasteiger partial charge on any atom is 0.0974 e. The minimum Gasteiger partial charge on any atom is -0.394 e. The molecule has 4 heteroatoms. The molecule has 0 bridgehead atoms. The molecule has 1 unspecified atom stereocenters. The summed E-state index contributed by atoms with van der Waals surface area (Å²) in [5.41, 5.74) is 0. The molecule has 0 aliphatic carbocycles. The van der Waals surface area contributed by atoms with Gasteiger partial charge in [0, 0.05) is 5.92 Å². The summed E-state index contributed by atoms with van der Waals surface area (Å²) in [5.74, 6) is -0.560. The van der Waals surface area contributed by atoms with E-state index in [2.05, 4.69) is 0 Å². The van der Waals surface area contributed by atoms with Gasteiger partial charge in [0.2, 0.25) is 0 Å². The third kappa shape index (κ3) is 1.52. The van der Waals surface area contributed by atoms with Crippen LogP contribution in [0.25, 0.3) is 0 Å². The summed E-state index contributed by atoms with van der Waals surface area (Å²) in [6.07, 6.45) is -1.69. The first-order valence-corrected chi connectivity index (χ1v) is 3.71. The first kappa shape index (κ1) is 8.90. The second-order valence-electron chi connectivity index (χ2n) is 2.87. The molecule has 0 radical (unpaired) electrons. The summed E-state index contributed by atoms with van der Waals surface area (Å²) in [5, 5.41) is 18.0. The molecule has 0 aromatic carbocycles. The van der Waals surface area contributed by atoms with Gasteiger partial charge in [-0.05, 0) is 6.92 Å². The van der Waals surface area contributed by atoms with Crippen molar-refractivity contribution in [3.63, 3.8) is 0 Å². The fourth-order valence-electron chi connectivity index (χ4n) is 1.39. The molecule has 1 saturated heterocycles. The summed E-state index contributed by atoms with van der Waals surface area (Å²) in [6, 6.07) is 0. The van der Waals surface area contributed by atoms with Crippen molar-refractivity contribution in [3.8, 4) is 0 Å². The van der Waals surface area contributed by atoms with Crippen LogP contribution in [0.5, 0.6) is 0 Å². The van der Waals surface area contributed by atoms with Gasteiger partial charge in [0.05, 0.1) is 31.6 Å². The Kier molecular flexibility index (Phi) is 2.81. The quantitative estimate of drug-likeness (QED) is 0.589. The molecule has 2 N–H and O–H groups in total. The van der Waals surface area contributed by atoms with Gasteiger partial charge in [-0.15, -0.1) is 0 Å². The average Bonchev–Trinajstić information content (AvgIpc) is 2.28. The van der Waals surface area contributed by atoms with Crippen molar-refractivity contribution >= 4 is 0 Å². The van der Waals surface area contributed by atoms with Gasteiger partial charge in [0.1, 0.15) is 0 Å². The smallest absolute Gasteiger partial charge is 0.0974 e. The van der Waals surface area contributed by atoms with Crippen molar-refractivity contribution in [3.05, 3.63) is 0 Å². The highest BCUT2D eigenvalue weighted by atomic mass is 19.1. The number of halogens is 1. The first-order chi connectivity index (χ1) is 5.20. The third-order valence-corrected chi connectivity index (χ3v) is 2.14. The zero-order valence-electron chi connectivity index (χ0n) is 6.40. The molecular formula is C7H13FO3. The van der Waals surface area contributed by atoms with Crippen molar-refractivity contribution in [2.24, 2.45) is 5.92 Å². The highest BCUT2D eigenvalue weighted by molar-refractivity contribution is 4.87. The van der Waals surface area contributed by atoms with Crippen LogP contribution in [0.15, 0.2) is 0 Å². The second-order valence-corrected chi connectivity index (χ2v) is 2.87. The average molecular weight is 164 g/mol. The maximum atomic E-state index is 12.2. The predicted molar refractivity (Wildman–Crippen MR) is 36.9 cm³/mol. The van der Waals surface area contributed by atoms with Crippen LogP contribution < -0.4 is 0 Å². The highest BCUT2D eigenvalue weighted by Crippen LogP contribution is 2.26. The van der Waals surface area contributed by atoms with E-state index in [1.54, 1.807) is 6.92 Å². The molecule has 0 amide bonds. The molecule has 0 spiro atoms. The molecule has 1 fully saturated rings. The van der Waals surface area contributed by atoms with Gasteiger partial charge in [0.25, 0.3) is 0 Å². The maximum absolute atomic E-state index is 12.2. The molecule has 1 aliphatic heterocycles. The Hall–Kier alpha value is -0.190. The molecular weight excluding hydrogens is 151 g/mol. The number of aliphatic hydroxyl groups is 2. The van der Waals surface area contributed by atoms with E-state index in [1.807, 2.05) is 0 Å². The standard InChI is InChI=1S/C7H13FO3/c1-4-7(10)5(2-8)6(3-9)11-4/h4-7,9-10H,2-3H2,1H3/t4-,5-,6+,7?/m0/s1. The van der Waals surface area contributed by atoms with Gasteiger partial charge >= 0.3 is 0 Å². The van der Waals surface area contributed by atoms with Crippen LogP contribution in [-0.2, 0) is 4.74 Å². The molecule has 0 aromatic rings. The Balaban J connectivity index is 2.57. The Morgan fingerprint density at radius 3 is 2.55 bits per heavy atom. The van der Waals surface area contributed by atoms with Crippen LogP contribution >= 0.6 is 0 Å². The number of hydrogen-bond acceptors (Lipinski definition) is 3. The number of hydrogen-bond donors (Lipinski definition) is 2. The van der Waals surface area contributed by atoms with Crippen LogP contribution in [0.2, 0.25) is 0 Å². The third-order valence-electron chi connectivity index (χ3n) is 2.14. The van der Waals surface area contributed by atoms with E-state index in [1.165, 1.54) is 0 Å². The van der Waals surface area contributed by atoms with Crippen molar-refractivity contribution in [1.29, 1.82) is 0 Å². The van der Waals surface area contributed by atoms with Gasteiger partial charge in [0.15, 0.2) is 0 Å². The molecule has 1 aliphatic rings. The number of rotatable bonds is 2. The van der Waals surface area contributed by atoms with E-state index in [9.17, 15) is 9.50 Å². The Morgan fingerprint density at radius 1 is 1.55 bits per heavy atom. The summed E-state index contributed by atoms with van der Waals surface area (Å²) in [7, 11) is 0. The Morgan fingerprint density at radius 2 is 2.18 bits per heavy atom. The lowest BCUT2D eigenvalue weighted by molar-refractivity contribution is -0.00326. The van der Waals surface area contributed by atoms with Crippen molar-refractivity contribution in [2.45, 2.75) is 25.2 Å². The van der Waals surface area contributed by atoms with Crippen LogP contribution in [0.1, 0.15) is 6.92 Å². The van der Waals surface area contributed by atoms with Crippen molar-refractivity contribution < 1.29 is 19.3 Å². The van der Waals surface area contributed by atoms with Gasteiger partial charge in [-0.25, -0.2) is 0 Å². The Bertz CT molecular complexity index is 131. The normalized spacial score (nSPS) is 44.7. The minimum atomic E-state index is -0.780. The van der Waals surface area contributed by atoms with E-state index < -0.39 is 24.8 Å². The van der Waals surface area contributed by atoms with E-state index in [-0.39, 0.29) is 12.7 Å². The molecule has 3 nitrogen and oxygen atoms in total. The number of alkyl halides is 1. The van der Waals surface area contributed by atoms with E-state index in [4.69, 9.17) is 9.84 Å².